The van der Waals surface area contributed by atoms with Gasteiger partial charge in [0.05, 0.1) is 6.61 Å². The molecule has 1 aliphatic heterocycles. The summed E-state index contributed by atoms with van der Waals surface area (Å²) in [5.41, 5.74) is 0.457. The summed E-state index contributed by atoms with van der Waals surface area (Å²) >= 11 is 0. The van der Waals surface area contributed by atoms with Gasteiger partial charge in [-0.15, -0.1) is 0 Å². The number of oxazole rings is 1. The third-order valence-corrected chi connectivity index (χ3v) is 4.67. The summed E-state index contributed by atoms with van der Waals surface area (Å²) in [5.74, 6) is 1.45. The summed E-state index contributed by atoms with van der Waals surface area (Å²) in [6.45, 7) is 4.73. The smallest absolute Gasteiger partial charge is 0.273 e. The maximum atomic E-state index is 12.5. The molecular weight excluding hydrogens is 282 g/mol. The van der Waals surface area contributed by atoms with E-state index in [-0.39, 0.29) is 18.6 Å². The second-order valence-corrected chi connectivity index (χ2v) is 6.45. The van der Waals surface area contributed by atoms with E-state index in [1.807, 2.05) is 0 Å². The van der Waals surface area contributed by atoms with Crippen LogP contribution >= 0.6 is 0 Å². The van der Waals surface area contributed by atoms with Crippen LogP contribution in [0.15, 0.2) is 10.8 Å². The van der Waals surface area contributed by atoms with E-state index in [1.54, 1.807) is 0 Å². The van der Waals surface area contributed by atoms with Gasteiger partial charge in [0.2, 0.25) is 0 Å². The van der Waals surface area contributed by atoms with Gasteiger partial charge in [0, 0.05) is 31.6 Å². The van der Waals surface area contributed by atoms with Crippen LogP contribution in [-0.2, 0) is 0 Å². The van der Waals surface area contributed by atoms with E-state index in [0.717, 1.165) is 44.5 Å². The van der Waals surface area contributed by atoms with E-state index < -0.39 is 0 Å². The number of amides is 1. The predicted molar refractivity (Wildman–Crippen MR) is 81.7 cm³/mol. The number of hydrogen-bond acceptors (Lipinski definition) is 5. The Bertz CT molecular complexity index is 512. The van der Waals surface area contributed by atoms with Crippen molar-refractivity contribution in [2.24, 2.45) is 5.92 Å². The first-order valence-corrected chi connectivity index (χ1v) is 8.30. The lowest BCUT2D eigenvalue weighted by molar-refractivity contribution is 0.0922. The van der Waals surface area contributed by atoms with Crippen LogP contribution in [-0.4, -0.2) is 53.2 Å². The molecule has 1 saturated heterocycles. The minimum atomic E-state index is -0.118. The Labute approximate surface area is 130 Å². The number of carbonyl (C=O) groups excluding carboxylic acids is 1. The summed E-state index contributed by atoms with van der Waals surface area (Å²) in [7, 11) is 0. The van der Waals surface area contributed by atoms with Crippen molar-refractivity contribution in [3.05, 3.63) is 17.8 Å². The van der Waals surface area contributed by atoms with Crippen molar-refractivity contribution in [1.82, 2.24) is 15.2 Å². The molecule has 2 N–H and O–H groups in total. The van der Waals surface area contributed by atoms with Crippen molar-refractivity contribution >= 4 is 5.91 Å². The van der Waals surface area contributed by atoms with Gasteiger partial charge in [-0.05, 0) is 25.2 Å². The molecule has 22 heavy (non-hydrogen) atoms. The van der Waals surface area contributed by atoms with Crippen LogP contribution in [0.25, 0.3) is 0 Å². The molecule has 0 aromatic carbocycles. The highest BCUT2D eigenvalue weighted by Gasteiger charge is 2.36. The fourth-order valence-corrected chi connectivity index (χ4v) is 3.41. The molecule has 6 nitrogen and oxygen atoms in total. The lowest BCUT2D eigenvalue weighted by Crippen LogP contribution is -2.41. The molecule has 122 valence electrons. The maximum absolute atomic E-state index is 12.5. The summed E-state index contributed by atoms with van der Waals surface area (Å²) in [5, 5.41) is 12.3. The third kappa shape index (κ3) is 3.33. The van der Waals surface area contributed by atoms with E-state index >= 15 is 0 Å². The average Bonchev–Trinajstić information content (AvgIpc) is 3.10. The molecule has 1 aromatic rings. The van der Waals surface area contributed by atoms with Crippen LogP contribution in [0.3, 0.4) is 0 Å². The topological polar surface area (TPSA) is 78.6 Å². The lowest BCUT2D eigenvalue weighted by Gasteiger charge is -2.19. The first-order valence-electron chi connectivity index (χ1n) is 8.30. The number of nitrogens with zero attached hydrogens (tertiary/aromatic N) is 2. The van der Waals surface area contributed by atoms with Crippen molar-refractivity contribution in [3.8, 4) is 0 Å². The summed E-state index contributed by atoms with van der Waals surface area (Å²) in [4.78, 5) is 18.9. The highest BCUT2D eigenvalue weighted by molar-refractivity contribution is 5.93. The molecule has 1 amide bonds. The van der Waals surface area contributed by atoms with Gasteiger partial charge in [0.25, 0.3) is 5.91 Å². The Morgan fingerprint density at radius 1 is 1.50 bits per heavy atom. The largest absolute Gasteiger partial charge is 0.447 e. The van der Waals surface area contributed by atoms with E-state index in [0.29, 0.717) is 24.1 Å². The maximum Gasteiger partial charge on any atom is 0.273 e. The monoisotopic (exact) mass is 307 g/mol. The average molecular weight is 307 g/mol. The van der Waals surface area contributed by atoms with E-state index in [9.17, 15) is 4.79 Å². The zero-order chi connectivity index (χ0) is 15.5. The van der Waals surface area contributed by atoms with Crippen molar-refractivity contribution < 1.29 is 14.3 Å². The van der Waals surface area contributed by atoms with Crippen molar-refractivity contribution in [3.63, 3.8) is 0 Å². The first-order chi connectivity index (χ1) is 10.7. The van der Waals surface area contributed by atoms with E-state index in [1.165, 1.54) is 6.39 Å². The molecule has 1 aromatic heterocycles. The molecule has 2 heterocycles. The zero-order valence-electron chi connectivity index (χ0n) is 13.1. The number of rotatable bonds is 7. The zero-order valence-corrected chi connectivity index (χ0v) is 13.1. The highest BCUT2D eigenvalue weighted by Crippen LogP contribution is 2.41. The predicted octanol–water partition coefficient (Wildman–Crippen LogP) is 1.37. The van der Waals surface area contributed by atoms with Gasteiger partial charge < -0.3 is 14.8 Å². The van der Waals surface area contributed by atoms with Crippen LogP contribution in [0.5, 0.6) is 0 Å². The van der Waals surface area contributed by atoms with Crippen LogP contribution in [0, 0.1) is 5.92 Å². The van der Waals surface area contributed by atoms with Crippen LogP contribution < -0.4 is 5.32 Å². The highest BCUT2D eigenvalue weighted by atomic mass is 16.3. The Balaban J connectivity index is 1.64. The van der Waals surface area contributed by atoms with Crippen molar-refractivity contribution in [2.45, 2.75) is 44.6 Å². The summed E-state index contributed by atoms with van der Waals surface area (Å²) < 4.78 is 5.39. The second-order valence-electron chi connectivity index (χ2n) is 6.45. The normalized spacial score (nSPS) is 25.5. The molecule has 2 fully saturated rings. The van der Waals surface area contributed by atoms with Crippen LogP contribution in [0.1, 0.15) is 54.8 Å². The van der Waals surface area contributed by atoms with Gasteiger partial charge in [-0.25, -0.2) is 4.98 Å². The third-order valence-electron chi connectivity index (χ3n) is 4.67. The first kappa shape index (κ1) is 15.5. The standard InChI is InChI=1S/C16H25N3O3/c1-2-3-12-8-19(6-7-20)9-13(12)18-16(21)14-15(11-4-5-11)22-10-17-14/h10-13,20H,2-9H2,1H3,(H,18,21)/t12-,13-/m0/s1. The molecule has 0 bridgehead atoms. The molecule has 0 spiro atoms. The Hall–Kier alpha value is -1.40. The number of aromatic nitrogens is 1. The molecule has 1 saturated carbocycles. The van der Waals surface area contributed by atoms with Gasteiger partial charge >= 0.3 is 0 Å². The number of β-amino-alcohol motifs (C(OH)–C–C–N with tert-alkyl or cyclic N) is 1. The van der Waals surface area contributed by atoms with E-state index in [2.05, 4.69) is 22.1 Å². The molecule has 2 atom stereocenters. The number of nitrogens with one attached hydrogen (secondary N) is 1. The van der Waals surface area contributed by atoms with Gasteiger partial charge in [0.15, 0.2) is 12.1 Å². The van der Waals surface area contributed by atoms with Crippen LogP contribution in [0.2, 0.25) is 0 Å². The van der Waals surface area contributed by atoms with E-state index in [4.69, 9.17) is 9.52 Å². The molecule has 0 unspecified atom stereocenters. The number of likely N-dealkylation sites (tertiary alicyclic amines) is 1. The summed E-state index contributed by atoms with van der Waals surface area (Å²) in [6, 6.07) is 0.128. The molecule has 2 aliphatic rings. The molecule has 3 rings (SSSR count). The Kier molecular flexibility index (Phi) is 4.78. The fourth-order valence-electron chi connectivity index (χ4n) is 3.41. The van der Waals surface area contributed by atoms with Crippen molar-refractivity contribution in [2.75, 3.05) is 26.2 Å². The molecular formula is C16H25N3O3. The number of hydrogen-bond donors (Lipinski definition) is 2. The van der Waals surface area contributed by atoms with Crippen molar-refractivity contribution in [1.29, 1.82) is 0 Å². The number of aliphatic hydroxyl groups is 1. The minimum absolute atomic E-state index is 0.118. The fraction of sp³-hybridized carbons (Fsp3) is 0.750. The van der Waals surface area contributed by atoms with Gasteiger partial charge in [-0.3, -0.25) is 9.69 Å². The molecule has 0 radical (unpaired) electrons. The summed E-state index contributed by atoms with van der Waals surface area (Å²) in [6.07, 6.45) is 5.73. The Morgan fingerprint density at radius 2 is 2.32 bits per heavy atom. The molecule has 1 aliphatic carbocycles. The Morgan fingerprint density at radius 3 is 3.00 bits per heavy atom. The number of aliphatic hydroxyl groups excluding tert-OH is 1. The van der Waals surface area contributed by atoms with Gasteiger partial charge in [0.1, 0.15) is 5.76 Å². The lowest BCUT2D eigenvalue weighted by atomic mass is 9.98. The second kappa shape index (κ2) is 6.79. The number of carbonyl (C=O) groups is 1. The quantitative estimate of drug-likeness (QED) is 0.795. The molecule has 6 heteroatoms. The SMILES string of the molecule is CCC[C@H]1CN(CCO)C[C@@H]1NC(=O)c1ncoc1C1CC1. The van der Waals surface area contributed by atoms with Crippen LogP contribution in [0.4, 0.5) is 0 Å². The minimum Gasteiger partial charge on any atom is -0.447 e. The van der Waals surface area contributed by atoms with Gasteiger partial charge in [-0.2, -0.15) is 0 Å². The van der Waals surface area contributed by atoms with Gasteiger partial charge in [-0.1, -0.05) is 13.3 Å².